The van der Waals surface area contributed by atoms with E-state index in [0.29, 0.717) is 0 Å². The van der Waals surface area contributed by atoms with E-state index in [1.165, 1.54) is 55.0 Å². The maximum Gasteiger partial charge on any atom is 0.227 e. The Morgan fingerprint density at radius 2 is 1.29 bits per heavy atom. The summed E-state index contributed by atoms with van der Waals surface area (Å²) in [5.41, 5.74) is 13.7. The van der Waals surface area contributed by atoms with Crippen molar-refractivity contribution in [3.63, 3.8) is 0 Å². The summed E-state index contributed by atoms with van der Waals surface area (Å²) in [4.78, 5) is 5.01. The Balaban J connectivity index is 1.10. The number of aliphatic imine (C=N–C) groups is 1. The fraction of sp³-hybridized carbons (Fsp3) is 0.0741. The quantitative estimate of drug-likeness (QED) is 0.138. The Bertz CT molecular complexity index is 3280. The van der Waals surface area contributed by atoms with Crippen LogP contribution in [0.2, 0.25) is 0 Å². The van der Waals surface area contributed by atoms with Crippen LogP contribution >= 0.6 is 0 Å². The van der Waals surface area contributed by atoms with Crippen molar-refractivity contribution in [1.29, 1.82) is 5.41 Å². The van der Waals surface area contributed by atoms with Gasteiger partial charge in [0.2, 0.25) is 5.96 Å². The number of hydrogen-bond acceptors (Lipinski definition) is 1. The van der Waals surface area contributed by atoms with Crippen LogP contribution in [0.1, 0.15) is 31.2 Å². The average Bonchev–Trinajstić information content (AvgIpc) is 3.80. The van der Waals surface area contributed by atoms with Crippen LogP contribution in [0.25, 0.3) is 77.3 Å². The number of allylic oxidation sites excluding steroid dienone is 13. The van der Waals surface area contributed by atoms with Gasteiger partial charge in [0.05, 0.1) is 27.8 Å². The number of para-hydroxylation sites is 2. The zero-order chi connectivity index (χ0) is 38.6. The number of fused-ring (bicyclic) bond motifs is 8. The second kappa shape index (κ2) is 14.0. The van der Waals surface area contributed by atoms with Gasteiger partial charge in [-0.25, -0.2) is 4.99 Å². The summed E-state index contributed by atoms with van der Waals surface area (Å²) in [5, 5.41) is 16.8. The molecule has 0 amide bonds. The van der Waals surface area contributed by atoms with Crippen LogP contribution in [0.15, 0.2) is 204 Å². The molecular weight excluding hydrogens is 705 g/mol. The molecule has 0 unspecified atom stereocenters. The van der Waals surface area contributed by atoms with Crippen LogP contribution in [-0.4, -0.2) is 20.8 Å². The third-order valence-corrected chi connectivity index (χ3v) is 12.0. The SMILES string of the molecule is N=C(/N=C1/C=CC=C/C1=C\c1ccccc1)n1c2ccccc2c2ccc(-c3cc4c(c5ccccc35)c3ccccc3n4C3=CC=C(C4=CC=CCC4)CC3)cc21. The van der Waals surface area contributed by atoms with Crippen LogP contribution in [0.4, 0.5) is 0 Å². The van der Waals surface area contributed by atoms with Gasteiger partial charge >= 0.3 is 0 Å². The van der Waals surface area contributed by atoms with E-state index in [1.54, 1.807) is 0 Å². The Labute approximate surface area is 337 Å². The van der Waals surface area contributed by atoms with E-state index in [9.17, 15) is 5.41 Å². The van der Waals surface area contributed by atoms with Gasteiger partial charge in [-0.15, -0.1) is 0 Å². The summed E-state index contributed by atoms with van der Waals surface area (Å²) in [7, 11) is 0. The monoisotopic (exact) mass is 744 g/mol. The molecule has 2 heterocycles. The average molecular weight is 745 g/mol. The summed E-state index contributed by atoms with van der Waals surface area (Å²) in [5.74, 6) is 0.175. The topological polar surface area (TPSA) is 46.1 Å². The van der Waals surface area contributed by atoms with E-state index >= 15 is 0 Å². The van der Waals surface area contributed by atoms with Gasteiger partial charge in [0.1, 0.15) is 0 Å². The number of rotatable bonds is 4. The summed E-state index contributed by atoms with van der Waals surface area (Å²) < 4.78 is 4.52. The summed E-state index contributed by atoms with van der Waals surface area (Å²) in [6.45, 7) is 0. The maximum absolute atomic E-state index is 9.58. The number of hydrogen-bond donors (Lipinski definition) is 1. The molecule has 2 aromatic heterocycles. The molecule has 0 saturated heterocycles. The molecule has 58 heavy (non-hydrogen) atoms. The molecule has 0 bridgehead atoms. The minimum absolute atomic E-state index is 0.175. The lowest BCUT2D eigenvalue weighted by molar-refractivity contribution is 0.885. The Morgan fingerprint density at radius 3 is 2.10 bits per heavy atom. The molecule has 4 nitrogen and oxygen atoms in total. The lowest BCUT2D eigenvalue weighted by Crippen LogP contribution is -2.12. The van der Waals surface area contributed by atoms with Crippen LogP contribution in [0.5, 0.6) is 0 Å². The van der Waals surface area contributed by atoms with Crippen LogP contribution in [0, 0.1) is 5.41 Å². The van der Waals surface area contributed by atoms with Crippen molar-refractivity contribution in [3.05, 3.63) is 204 Å². The Hall–Kier alpha value is -7.30. The predicted octanol–water partition coefficient (Wildman–Crippen LogP) is 14.0. The number of nitrogens with one attached hydrogen (secondary N) is 1. The molecule has 6 aromatic carbocycles. The highest BCUT2D eigenvalue weighted by atomic mass is 15.1. The van der Waals surface area contributed by atoms with Gasteiger partial charge in [0, 0.05) is 32.8 Å². The van der Waals surface area contributed by atoms with Crippen molar-refractivity contribution >= 4 is 77.8 Å². The molecule has 0 atom stereocenters. The molecule has 3 aliphatic rings. The Morgan fingerprint density at radius 1 is 0.569 bits per heavy atom. The van der Waals surface area contributed by atoms with Gasteiger partial charge in [-0.1, -0.05) is 146 Å². The molecule has 0 aliphatic heterocycles. The van der Waals surface area contributed by atoms with Gasteiger partial charge in [-0.3, -0.25) is 9.98 Å². The molecule has 276 valence electrons. The first-order chi connectivity index (χ1) is 28.7. The zero-order valence-electron chi connectivity index (χ0n) is 32.1. The number of nitrogens with zero attached hydrogens (tertiary/aromatic N) is 3. The lowest BCUT2D eigenvalue weighted by atomic mass is 9.90. The first kappa shape index (κ1) is 34.0. The first-order valence-corrected chi connectivity index (χ1v) is 20.2. The molecule has 0 radical (unpaired) electrons. The molecular formula is C54H40N4. The number of aromatic nitrogens is 2. The normalized spacial score (nSPS) is 16.9. The van der Waals surface area contributed by atoms with Crippen LogP contribution in [-0.2, 0) is 0 Å². The standard InChI is InChI=1S/C54H40N4/c55-54(56-48-24-12-7-19-40(48)33-36-15-3-1-4-16-36)58-49-25-13-10-21-43(49)44-32-29-39(34-51(44)58)47-35-52-53(45-22-9-8-20-42(45)47)46-23-11-14-26-50(46)57(52)41-30-27-38(28-31-41)37-17-5-2-6-18-37/h1-5,7-17,19-27,29-30,32-35,55H,6,18,28,31H2/b40-33+,55-54?,56-48-. The van der Waals surface area contributed by atoms with Crippen molar-refractivity contribution in [3.8, 4) is 11.1 Å². The fourth-order valence-corrected chi connectivity index (χ4v) is 9.30. The summed E-state index contributed by atoms with van der Waals surface area (Å²) >= 11 is 0. The minimum atomic E-state index is 0.175. The molecule has 8 aromatic rings. The fourth-order valence-electron chi connectivity index (χ4n) is 9.30. The van der Waals surface area contributed by atoms with Gasteiger partial charge in [-0.05, 0) is 107 Å². The van der Waals surface area contributed by atoms with Crippen LogP contribution < -0.4 is 0 Å². The smallest absolute Gasteiger partial charge is 0.227 e. The van der Waals surface area contributed by atoms with E-state index in [4.69, 9.17) is 4.99 Å². The Kier molecular flexibility index (Phi) is 8.21. The highest BCUT2D eigenvalue weighted by molar-refractivity contribution is 6.25. The van der Waals surface area contributed by atoms with E-state index in [2.05, 4.69) is 150 Å². The van der Waals surface area contributed by atoms with Gasteiger partial charge in [-0.2, -0.15) is 0 Å². The van der Waals surface area contributed by atoms with E-state index in [1.807, 2.05) is 47.1 Å². The molecule has 0 fully saturated rings. The van der Waals surface area contributed by atoms with E-state index in [-0.39, 0.29) is 5.96 Å². The third-order valence-electron chi connectivity index (χ3n) is 12.0. The second-order valence-electron chi connectivity index (χ2n) is 15.4. The van der Waals surface area contributed by atoms with Crippen molar-refractivity contribution in [2.75, 3.05) is 0 Å². The van der Waals surface area contributed by atoms with Crippen molar-refractivity contribution in [2.24, 2.45) is 4.99 Å². The molecule has 0 saturated carbocycles. The number of benzene rings is 6. The largest absolute Gasteiger partial charge is 0.313 e. The third kappa shape index (κ3) is 5.68. The molecule has 4 heteroatoms. The molecule has 1 N–H and O–H groups in total. The van der Waals surface area contributed by atoms with Gasteiger partial charge in [0.25, 0.3) is 0 Å². The van der Waals surface area contributed by atoms with E-state index in [0.717, 1.165) is 69.9 Å². The van der Waals surface area contributed by atoms with Crippen molar-refractivity contribution in [1.82, 2.24) is 9.13 Å². The van der Waals surface area contributed by atoms with Crippen molar-refractivity contribution < 1.29 is 0 Å². The molecule has 11 rings (SSSR count). The molecule has 3 aliphatic carbocycles. The second-order valence-corrected chi connectivity index (χ2v) is 15.4. The minimum Gasteiger partial charge on any atom is -0.313 e. The highest BCUT2D eigenvalue weighted by Crippen LogP contribution is 2.44. The van der Waals surface area contributed by atoms with Crippen molar-refractivity contribution in [2.45, 2.75) is 25.7 Å². The zero-order valence-corrected chi connectivity index (χ0v) is 32.1. The lowest BCUT2D eigenvalue weighted by Gasteiger charge is -2.20. The summed E-state index contributed by atoms with van der Waals surface area (Å²) in [6, 6.07) is 45.5. The predicted molar refractivity (Wildman–Crippen MR) is 247 cm³/mol. The summed E-state index contributed by atoms with van der Waals surface area (Å²) in [6.07, 6.45) is 25.9. The maximum atomic E-state index is 9.58. The van der Waals surface area contributed by atoms with Gasteiger partial charge < -0.3 is 4.57 Å². The van der Waals surface area contributed by atoms with Gasteiger partial charge in [0.15, 0.2) is 0 Å². The first-order valence-electron chi connectivity index (χ1n) is 20.2. The van der Waals surface area contributed by atoms with E-state index < -0.39 is 0 Å². The van der Waals surface area contributed by atoms with Crippen LogP contribution in [0.3, 0.4) is 0 Å². The molecule has 0 spiro atoms. The highest BCUT2D eigenvalue weighted by Gasteiger charge is 2.22.